The molecule has 0 atom stereocenters. The first-order chi connectivity index (χ1) is 18.8. The highest BCUT2D eigenvalue weighted by Crippen LogP contribution is 2.53. The number of fused-ring (bicyclic) bond motifs is 2. The number of hydrogen-bond donors (Lipinski definition) is 0. The van der Waals surface area contributed by atoms with Gasteiger partial charge in [-0.1, -0.05) is 146 Å². The fourth-order valence-corrected chi connectivity index (χ4v) is 6.43. The van der Waals surface area contributed by atoms with Gasteiger partial charge in [-0.25, -0.2) is 0 Å². The van der Waals surface area contributed by atoms with Gasteiger partial charge in [-0.2, -0.15) is 0 Å². The average Bonchev–Trinajstić information content (AvgIpc) is 2.80. The fourth-order valence-electron chi connectivity index (χ4n) is 5.28. The Bertz CT molecular complexity index is 1090. The van der Waals surface area contributed by atoms with Gasteiger partial charge in [0.25, 0.3) is 0 Å². The van der Waals surface area contributed by atoms with Gasteiger partial charge in [0.15, 0.2) is 0 Å². The van der Waals surface area contributed by atoms with E-state index >= 15 is 0 Å². The Balaban J connectivity index is 2.18. The van der Waals surface area contributed by atoms with E-state index in [0.717, 1.165) is 24.3 Å². The van der Waals surface area contributed by atoms with Crippen molar-refractivity contribution in [1.29, 1.82) is 0 Å². The molecule has 0 radical (unpaired) electrons. The largest absolute Gasteiger partial charge is 0.463 e. The summed E-state index contributed by atoms with van der Waals surface area (Å²) in [6.45, 7) is 30.4. The number of unbranched alkanes of at least 4 members (excludes halogenated alkanes) is 5. The van der Waals surface area contributed by atoms with E-state index in [4.69, 9.17) is 13.6 Å². The Morgan fingerprint density at radius 3 is 1.39 bits per heavy atom. The maximum Gasteiger partial charge on any atom is 0.463 e. The fraction of sp³-hybridized carbons (Fsp3) is 0.676. The molecule has 0 aromatic heterocycles. The number of benzene rings is 2. The van der Waals surface area contributed by atoms with Crippen molar-refractivity contribution in [2.75, 3.05) is 6.61 Å². The third-order valence-corrected chi connectivity index (χ3v) is 9.14. The van der Waals surface area contributed by atoms with Gasteiger partial charge in [0.05, 0.1) is 6.61 Å². The molecule has 3 rings (SSSR count). The van der Waals surface area contributed by atoms with Crippen LogP contribution in [0.15, 0.2) is 24.3 Å². The lowest BCUT2D eigenvalue weighted by Gasteiger charge is -2.34. The predicted molar refractivity (Wildman–Crippen MR) is 178 cm³/mol. The van der Waals surface area contributed by atoms with Gasteiger partial charge < -0.3 is 9.05 Å². The molecule has 0 saturated carbocycles. The third-order valence-electron chi connectivity index (χ3n) is 8.09. The summed E-state index contributed by atoms with van der Waals surface area (Å²) in [4.78, 5) is 0. The molecule has 41 heavy (non-hydrogen) atoms. The van der Waals surface area contributed by atoms with E-state index in [1.54, 1.807) is 0 Å². The molecule has 0 spiro atoms. The second-order valence-electron chi connectivity index (χ2n) is 16.2. The Labute approximate surface area is 254 Å². The molecular formula is C37H59O3P. The van der Waals surface area contributed by atoms with Crippen molar-refractivity contribution in [3.8, 4) is 11.5 Å². The summed E-state index contributed by atoms with van der Waals surface area (Å²) in [6, 6.07) is 9.46. The zero-order valence-corrected chi connectivity index (χ0v) is 29.5. The van der Waals surface area contributed by atoms with Crippen molar-refractivity contribution in [1.82, 2.24) is 0 Å². The molecule has 0 bridgehead atoms. The van der Waals surface area contributed by atoms with E-state index in [1.165, 1.54) is 65.5 Å². The van der Waals surface area contributed by atoms with Crippen LogP contribution in [0, 0.1) is 0 Å². The Hall–Kier alpha value is -1.57. The zero-order valence-electron chi connectivity index (χ0n) is 28.6. The van der Waals surface area contributed by atoms with Crippen LogP contribution in [0.25, 0.3) is 0 Å². The van der Waals surface area contributed by atoms with Crippen molar-refractivity contribution in [3.05, 3.63) is 57.6 Å². The average molecular weight is 583 g/mol. The van der Waals surface area contributed by atoms with Crippen molar-refractivity contribution in [2.24, 2.45) is 0 Å². The van der Waals surface area contributed by atoms with E-state index < -0.39 is 8.60 Å². The van der Waals surface area contributed by atoms with Crippen molar-refractivity contribution < 1.29 is 13.6 Å². The van der Waals surface area contributed by atoms with E-state index in [1.807, 2.05) is 0 Å². The summed E-state index contributed by atoms with van der Waals surface area (Å²) < 4.78 is 20.2. The normalized spacial score (nSPS) is 15.0. The minimum Gasteiger partial charge on any atom is -0.417 e. The second-order valence-corrected chi connectivity index (χ2v) is 17.3. The molecule has 1 aliphatic rings. The summed E-state index contributed by atoms with van der Waals surface area (Å²) in [7, 11) is -1.62. The monoisotopic (exact) mass is 582 g/mol. The SMILES string of the molecule is CCCCCCCCOP1Oc2c(cc(C(C)(C)C)cc2C(C)(C)C)Cc2cc(C(C)(C)C)cc(C(C)(C)C)c2O1. The van der Waals surface area contributed by atoms with Gasteiger partial charge >= 0.3 is 8.60 Å². The van der Waals surface area contributed by atoms with Gasteiger partial charge in [-0.05, 0) is 50.3 Å². The predicted octanol–water partition coefficient (Wildman–Crippen LogP) is 11.8. The van der Waals surface area contributed by atoms with E-state index in [-0.39, 0.29) is 21.7 Å². The highest BCUT2D eigenvalue weighted by atomic mass is 31.2. The van der Waals surface area contributed by atoms with Crippen LogP contribution >= 0.6 is 8.60 Å². The molecule has 0 amide bonds. The maximum absolute atomic E-state index is 6.85. The van der Waals surface area contributed by atoms with Crippen molar-refractivity contribution >= 4 is 8.60 Å². The minimum atomic E-state index is -1.62. The molecular weight excluding hydrogens is 523 g/mol. The maximum atomic E-state index is 6.85. The van der Waals surface area contributed by atoms with Gasteiger partial charge in [0.2, 0.25) is 0 Å². The Morgan fingerprint density at radius 1 is 0.585 bits per heavy atom. The Morgan fingerprint density at radius 2 is 1.00 bits per heavy atom. The molecule has 0 saturated heterocycles. The highest BCUT2D eigenvalue weighted by molar-refractivity contribution is 7.42. The first-order valence-electron chi connectivity index (χ1n) is 16.0. The third kappa shape index (κ3) is 8.96. The van der Waals surface area contributed by atoms with Crippen LogP contribution in [-0.4, -0.2) is 6.61 Å². The lowest BCUT2D eigenvalue weighted by molar-refractivity contribution is 0.253. The molecule has 3 nitrogen and oxygen atoms in total. The van der Waals surface area contributed by atoms with Gasteiger partial charge in [0.1, 0.15) is 11.5 Å². The zero-order chi connectivity index (χ0) is 30.8. The van der Waals surface area contributed by atoms with Gasteiger partial charge in [-0.15, -0.1) is 0 Å². The molecule has 0 unspecified atom stereocenters. The number of hydrogen-bond acceptors (Lipinski definition) is 3. The molecule has 2 aromatic carbocycles. The standard InChI is InChI=1S/C37H59O3P/c1-14-15-16-17-18-19-20-38-41-39-32-26(22-28(34(2,3)4)24-30(32)36(8,9)10)21-27-23-29(35(5,6)7)25-31(33(27)40-41)37(11,12)13/h22-25H,14-21H2,1-13H3. The Kier molecular flexibility index (Phi) is 10.7. The molecule has 2 aromatic rings. The lowest BCUT2D eigenvalue weighted by Crippen LogP contribution is -2.22. The highest BCUT2D eigenvalue weighted by Gasteiger charge is 2.35. The second kappa shape index (κ2) is 13.0. The molecule has 1 aliphatic heterocycles. The van der Waals surface area contributed by atoms with Crippen molar-refractivity contribution in [2.45, 2.75) is 157 Å². The summed E-state index contributed by atoms with van der Waals surface area (Å²) in [5, 5.41) is 0. The van der Waals surface area contributed by atoms with Crippen molar-refractivity contribution in [3.63, 3.8) is 0 Å². The summed E-state index contributed by atoms with van der Waals surface area (Å²) in [5.41, 5.74) is 7.48. The van der Waals surface area contributed by atoms with Crippen LogP contribution in [0.1, 0.15) is 162 Å². The molecule has 1 heterocycles. The minimum absolute atomic E-state index is 0.0273. The first kappa shape index (κ1) is 33.9. The first-order valence-corrected chi connectivity index (χ1v) is 17.1. The van der Waals surface area contributed by atoms with Crippen LogP contribution in [0.2, 0.25) is 0 Å². The molecule has 230 valence electrons. The van der Waals surface area contributed by atoms with Gasteiger partial charge in [0, 0.05) is 17.5 Å². The lowest BCUT2D eigenvalue weighted by atomic mass is 9.76. The van der Waals surface area contributed by atoms with Crippen LogP contribution in [-0.2, 0) is 32.6 Å². The quantitative estimate of drug-likeness (QED) is 0.229. The van der Waals surface area contributed by atoms with Crippen LogP contribution < -0.4 is 9.05 Å². The summed E-state index contributed by atoms with van der Waals surface area (Å²) >= 11 is 0. The number of rotatable bonds is 8. The molecule has 0 aliphatic carbocycles. The molecule has 0 N–H and O–H groups in total. The molecule has 4 heteroatoms. The van der Waals surface area contributed by atoms with E-state index in [2.05, 4.69) is 114 Å². The smallest absolute Gasteiger partial charge is 0.417 e. The summed E-state index contributed by atoms with van der Waals surface area (Å²) in [6.07, 6.45) is 8.12. The van der Waals surface area contributed by atoms with E-state index in [0.29, 0.717) is 6.61 Å². The van der Waals surface area contributed by atoms with Crippen LogP contribution in [0.3, 0.4) is 0 Å². The topological polar surface area (TPSA) is 27.7 Å². The van der Waals surface area contributed by atoms with Crippen LogP contribution in [0.4, 0.5) is 0 Å². The van der Waals surface area contributed by atoms with Crippen LogP contribution in [0.5, 0.6) is 11.5 Å². The summed E-state index contributed by atoms with van der Waals surface area (Å²) in [5.74, 6) is 1.90. The van der Waals surface area contributed by atoms with E-state index in [9.17, 15) is 0 Å². The van der Waals surface area contributed by atoms with Gasteiger partial charge in [-0.3, -0.25) is 4.52 Å². The molecule has 0 fully saturated rings.